The quantitative estimate of drug-likeness (QED) is 0.633. The Balaban J connectivity index is 2.22. The van der Waals surface area contributed by atoms with Crippen molar-refractivity contribution in [2.45, 2.75) is 6.92 Å². The van der Waals surface area contributed by atoms with Gasteiger partial charge in [-0.25, -0.2) is 14.0 Å². The summed E-state index contributed by atoms with van der Waals surface area (Å²) in [6, 6.07) is 9.73. The van der Waals surface area contributed by atoms with Gasteiger partial charge in [0.15, 0.2) is 0 Å². The highest BCUT2D eigenvalue weighted by molar-refractivity contribution is 6.33. The lowest BCUT2D eigenvalue weighted by atomic mass is 10.2. The Morgan fingerprint density at radius 3 is 2.55 bits per heavy atom. The Bertz CT molecular complexity index is 695. The SMILES string of the molecule is CCOC(=O)c1cccc(OC(=O)c2c(F)cccc2Cl)c1. The minimum atomic E-state index is -0.941. The van der Waals surface area contributed by atoms with Gasteiger partial charge in [0.25, 0.3) is 0 Å². The molecule has 0 N–H and O–H groups in total. The predicted molar refractivity (Wildman–Crippen MR) is 78.8 cm³/mol. The molecule has 2 aromatic carbocycles. The number of benzene rings is 2. The smallest absolute Gasteiger partial charge is 0.348 e. The van der Waals surface area contributed by atoms with Crippen LogP contribution in [0.2, 0.25) is 5.02 Å². The summed E-state index contributed by atoms with van der Waals surface area (Å²) in [5, 5.41) is -0.0495. The van der Waals surface area contributed by atoms with E-state index in [0.29, 0.717) is 0 Å². The van der Waals surface area contributed by atoms with Gasteiger partial charge >= 0.3 is 11.9 Å². The topological polar surface area (TPSA) is 52.6 Å². The Hall–Kier alpha value is -2.40. The monoisotopic (exact) mass is 322 g/mol. The average molecular weight is 323 g/mol. The van der Waals surface area contributed by atoms with Gasteiger partial charge in [0.05, 0.1) is 17.2 Å². The zero-order valence-corrected chi connectivity index (χ0v) is 12.4. The fraction of sp³-hybridized carbons (Fsp3) is 0.125. The van der Waals surface area contributed by atoms with Crippen LogP contribution in [0.25, 0.3) is 0 Å². The standard InChI is InChI=1S/C16H12ClFO4/c1-2-21-15(19)10-5-3-6-11(9-10)22-16(20)14-12(17)7-4-8-13(14)18/h3-9H,2H2,1H3. The van der Waals surface area contributed by atoms with Gasteiger partial charge in [-0.3, -0.25) is 0 Å². The van der Waals surface area contributed by atoms with E-state index in [4.69, 9.17) is 21.1 Å². The summed E-state index contributed by atoms with van der Waals surface area (Å²) in [5.74, 6) is -2.16. The number of carbonyl (C=O) groups excluding carboxylic acids is 2. The van der Waals surface area contributed by atoms with Crippen molar-refractivity contribution in [2.24, 2.45) is 0 Å². The number of rotatable bonds is 4. The molecule has 0 fully saturated rings. The molecule has 0 radical (unpaired) electrons. The maximum atomic E-state index is 13.7. The lowest BCUT2D eigenvalue weighted by Gasteiger charge is -2.08. The third kappa shape index (κ3) is 3.62. The molecule has 0 heterocycles. The highest BCUT2D eigenvalue weighted by atomic mass is 35.5. The molecule has 0 aliphatic heterocycles. The van der Waals surface area contributed by atoms with Crippen LogP contribution in [0.3, 0.4) is 0 Å². The van der Waals surface area contributed by atoms with E-state index >= 15 is 0 Å². The molecule has 2 aromatic rings. The van der Waals surface area contributed by atoms with Crippen molar-refractivity contribution < 1.29 is 23.5 Å². The van der Waals surface area contributed by atoms with E-state index in [1.807, 2.05) is 0 Å². The van der Waals surface area contributed by atoms with E-state index in [1.165, 1.54) is 36.4 Å². The summed E-state index contributed by atoms with van der Waals surface area (Å²) < 4.78 is 23.6. The van der Waals surface area contributed by atoms with Crippen LogP contribution >= 0.6 is 11.6 Å². The minimum absolute atomic E-state index is 0.0495. The van der Waals surface area contributed by atoms with Crippen LogP contribution in [-0.4, -0.2) is 18.5 Å². The maximum Gasteiger partial charge on any atom is 0.348 e. The Morgan fingerprint density at radius 2 is 1.86 bits per heavy atom. The molecule has 0 amide bonds. The zero-order chi connectivity index (χ0) is 16.1. The largest absolute Gasteiger partial charge is 0.462 e. The normalized spacial score (nSPS) is 10.1. The summed E-state index contributed by atoms with van der Waals surface area (Å²) in [6.07, 6.45) is 0. The highest BCUT2D eigenvalue weighted by Gasteiger charge is 2.18. The van der Waals surface area contributed by atoms with Crippen LogP contribution in [0.1, 0.15) is 27.6 Å². The van der Waals surface area contributed by atoms with Crippen molar-refractivity contribution in [3.05, 3.63) is 64.4 Å². The molecule has 114 valence electrons. The lowest BCUT2D eigenvalue weighted by molar-refractivity contribution is 0.0524. The van der Waals surface area contributed by atoms with Crippen molar-refractivity contribution in [1.29, 1.82) is 0 Å². The molecule has 0 spiro atoms. The number of esters is 2. The first-order valence-electron chi connectivity index (χ1n) is 6.46. The average Bonchev–Trinajstić information content (AvgIpc) is 2.47. The van der Waals surface area contributed by atoms with E-state index in [9.17, 15) is 14.0 Å². The van der Waals surface area contributed by atoms with Crippen molar-refractivity contribution >= 4 is 23.5 Å². The van der Waals surface area contributed by atoms with Gasteiger partial charge in [0, 0.05) is 0 Å². The molecule has 0 unspecified atom stereocenters. The molecule has 0 saturated carbocycles. The molecular formula is C16H12ClFO4. The van der Waals surface area contributed by atoms with E-state index in [1.54, 1.807) is 6.92 Å². The Kier molecular flexibility index (Phi) is 5.12. The van der Waals surface area contributed by atoms with Crippen LogP contribution < -0.4 is 4.74 Å². The minimum Gasteiger partial charge on any atom is -0.462 e. The van der Waals surface area contributed by atoms with Crippen LogP contribution in [0.4, 0.5) is 4.39 Å². The van der Waals surface area contributed by atoms with Crippen molar-refractivity contribution in [2.75, 3.05) is 6.61 Å². The molecule has 4 nitrogen and oxygen atoms in total. The second-order valence-electron chi connectivity index (χ2n) is 4.23. The zero-order valence-electron chi connectivity index (χ0n) is 11.6. The highest BCUT2D eigenvalue weighted by Crippen LogP contribution is 2.22. The molecule has 0 aliphatic carbocycles. The molecule has 2 rings (SSSR count). The lowest BCUT2D eigenvalue weighted by Crippen LogP contribution is -2.12. The third-order valence-corrected chi connectivity index (χ3v) is 3.04. The molecule has 0 saturated heterocycles. The molecule has 6 heteroatoms. The Labute approximate surface area is 131 Å². The first-order valence-corrected chi connectivity index (χ1v) is 6.84. The van der Waals surface area contributed by atoms with Gasteiger partial charge < -0.3 is 9.47 Å². The van der Waals surface area contributed by atoms with E-state index in [0.717, 1.165) is 6.07 Å². The second-order valence-corrected chi connectivity index (χ2v) is 4.64. The van der Waals surface area contributed by atoms with Crippen LogP contribution in [0, 0.1) is 5.82 Å². The summed E-state index contributed by atoms with van der Waals surface area (Å²) in [5.41, 5.74) is -0.127. The molecule has 0 bridgehead atoms. The first kappa shape index (κ1) is 16.0. The summed E-state index contributed by atoms with van der Waals surface area (Å²) in [6.45, 7) is 1.91. The second kappa shape index (κ2) is 7.04. The molecule has 22 heavy (non-hydrogen) atoms. The van der Waals surface area contributed by atoms with Crippen LogP contribution in [-0.2, 0) is 4.74 Å². The van der Waals surface area contributed by atoms with E-state index in [2.05, 4.69) is 0 Å². The summed E-state index contributed by atoms with van der Waals surface area (Å²) in [7, 11) is 0. The van der Waals surface area contributed by atoms with Crippen molar-refractivity contribution in [1.82, 2.24) is 0 Å². The van der Waals surface area contributed by atoms with Gasteiger partial charge in [-0.15, -0.1) is 0 Å². The maximum absolute atomic E-state index is 13.7. The number of hydrogen-bond donors (Lipinski definition) is 0. The van der Waals surface area contributed by atoms with Gasteiger partial charge in [-0.05, 0) is 37.3 Å². The van der Waals surface area contributed by atoms with Gasteiger partial charge in [-0.1, -0.05) is 23.7 Å². The summed E-state index contributed by atoms with van der Waals surface area (Å²) in [4.78, 5) is 23.6. The van der Waals surface area contributed by atoms with Crippen molar-refractivity contribution in [3.63, 3.8) is 0 Å². The van der Waals surface area contributed by atoms with E-state index < -0.39 is 17.8 Å². The van der Waals surface area contributed by atoms with Crippen LogP contribution in [0.15, 0.2) is 42.5 Å². The number of halogens is 2. The number of hydrogen-bond acceptors (Lipinski definition) is 4. The first-order chi connectivity index (χ1) is 10.5. The predicted octanol–water partition coefficient (Wildman–Crippen LogP) is 3.88. The number of carbonyl (C=O) groups is 2. The fourth-order valence-electron chi connectivity index (χ4n) is 1.75. The van der Waals surface area contributed by atoms with Crippen LogP contribution in [0.5, 0.6) is 5.75 Å². The van der Waals surface area contributed by atoms with Gasteiger partial charge in [-0.2, -0.15) is 0 Å². The molecule has 0 aliphatic rings. The molecular weight excluding hydrogens is 311 g/mol. The fourth-order valence-corrected chi connectivity index (χ4v) is 1.99. The molecule has 0 aromatic heterocycles. The van der Waals surface area contributed by atoms with Gasteiger partial charge in [0.2, 0.25) is 0 Å². The summed E-state index contributed by atoms with van der Waals surface area (Å²) >= 11 is 5.80. The van der Waals surface area contributed by atoms with E-state index in [-0.39, 0.29) is 28.5 Å². The number of ether oxygens (including phenoxy) is 2. The van der Waals surface area contributed by atoms with Gasteiger partial charge in [0.1, 0.15) is 17.1 Å². The molecule has 0 atom stereocenters. The third-order valence-electron chi connectivity index (χ3n) is 2.72. The van der Waals surface area contributed by atoms with Crippen molar-refractivity contribution in [3.8, 4) is 5.75 Å². The Morgan fingerprint density at radius 1 is 1.14 bits per heavy atom.